The summed E-state index contributed by atoms with van der Waals surface area (Å²) in [6.45, 7) is 4.78. The Kier molecular flexibility index (Phi) is 4.61. The van der Waals surface area contributed by atoms with E-state index in [1.165, 1.54) is 0 Å². The fraction of sp³-hybridized carbons (Fsp3) is 0.263. The van der Waals surface area contributed by atoms with Crippen LogP contribution >= 0.6 is 0 Å². The second-order valence-corrected chi connectivity index (χ2v) is 5.74. The van der Waals surface area contributed by atoms with Gasteiger partial charge in [0.05, 0.1) is 25.8 Å². The van der Waals surface area contributed by atoms with Gasteiger partial charge in [0.25, 0.3) is 0 Å². The molecule has 0 saturated heterocycles. The summed E-state index contributed by atoms with van der Waals surface area (Å²) in [5, 5.41) is 14.1. The molecular weight excluding hydrogens is 320 g/mol. The molecule has 1 heterocycles. The van der Waals surface area contributed by atoms with Gasteiger partial charge in [-0.2, -0.15) is 0 Å². The summed E-state index contributed by atoms with van der Waals surface area (Å²) in [6, 6.07) is 11.2. The number of aromatic hydroxyl groups is 1. The van der Waals surface area contributed by atoms with Crippen molar-refractivity contribution in [3.63, 3.8) is 0 Å². The first-order valence-corrected chi connectivity index (χ1v) is 8.04. The summed E-state index contributed by atoms with van der Waals surface area (Å²) in [5.74, 6) is 1.16. The molecular formula is C19H20N2O4. The zero-order valence-corrected chi connectivity index (χ0v) is 14.4. The maximum atomic E-state index is 11.2. The number of fused-ring (bicyclic) bond motifs is 1. The molecule has 25 heavy (non-hydrogen) atoms. The molecule has 6 nitrogen and oxygen atoms in total. The van der Waals surface area contributed by atoms with Crippen molar-refractivity contribution in [1.82, 2.24) is 4.57 Å². The van der Waals surface area contributed by atoms with Gasteiger partial charge >= 0.3 is 0 Å². The van der Waals surface area contributed by atoms with Gasteiger partial charge < -0.3 is 19.1 Å². The van der Waals surface area contributed by atoms with Crippen molar-refractivity contribution in [2.75, 3.05) is 13.7 Å². The van der Waals surface area contributed by atoms with E-state index in [-0.39, 0.29) is 11.6 Å². The number of hydrogen-bond donors (Lipinski definition) is 1. The van der Waals surface area contributed by atoms with E-state index in [0.717, 1.165) is 16.6 Å². The van der Waals surface area contributed by atoms with Gasteiger partial charge in [-0.05, 0) is 42.3 Å². The number of para-hydroxylation sites is 1. The van der Waals surface area contributed by atoms with Crippen LogP contribution in [0.3, 0.4) is 0 Å². The van der Waals surface area contributed by atoms with Gasteiger partial charge in [0, 0.05) is 5.39 Å². The minimum Gasteiger partial charge on any atom is -0.493 e. The molecule has 1 N–H and O–H groups in total. The number of aryl methyl sites for hydroxylation is 1. The molecule has 0 atom stereocenters. The molecule has 0 aliphatic rings. The highest BCUT2D eigenvalue weighted by molar-refractivity contribution is 5.96. The van der Waals surface area contributed by atoms with Gasteiger partial charge in [0.15, 0.2) is 17.2 Å². The minimum absolute atomic E-state index is 0.0663. The van der Waals surface area contributed by atoms with Crippen LogP contribution in [0.25, 0.3) is 10.9 Å². The summed E-state index contributed by atoms with van der Waals surface area (Å²) in [4.78, 5) is 11.2. The van der Waals surface area contributed by atoms with Crippen LogP contribution in [-0.4, -0.2) is 23.4 Å². The molecule has 0 bridgehead atoms. The Balaban J connectivity index is 2.09. The lowest BCUT2D eigenvalue weighted by atomic mass is 10.1. The largest absolute Gasteiger partial charge is 0.493 e. The minimum atomic E-state index is -0.132. The van der Waals surface area contributed by atoms with E-state index >= 15 is 0 Å². The highest BCUT2D eigenvalue weighted by atomic mass is 16.5. The summed E-state index contributed by atoms with van der Waals surface area (Å²) in [5.41, 5.74) is 2.73. The number of nitroso groups, excluding NO2 is 1. The van der Waals surface area contributed by atoms with E-state index in [1.54, 1.807) is 17.7 Å². The SMILES string of the molecule is CCOc1ccc(Cn2c(O)c(N=O)c3cccc(C)c32)cc1OC. The Bertz CT molecular complexity index is 931. The zero-order valence-electron chi connectivity index (χ0n) is 14.4. The Labute approximate surface area is 145 Å². The van der Waals surface area contributed by atoms with Crippen LogP contribution in [-0.2, 0) is 6.54 Å². The Morgan fingerprint density at radius 2 is 2.00 bits per heavy atom. The highest BCUT2D eigenvalue weighted by Crippen LogP contribution is 2.40. The summed E-state index contributed by atoms with van der Waals surface area (Å²) in [7, 11) is 1.59. The maximum Gasteiger partial charge on any atom is 0.222 e. The number of hydrogen-bond acceptors (Lipinski definition) is 5. The van der Waals surface area contributed by atoms with Gasteiger partial charge in [-0.25, -0.2) is 0 Å². The third kappa shape index (κ3) is 2.91. The first kappa shape index (κ1) is 16.8. The molecule has 2 aromatic carbocycles. The van der Waals surface area contributed by atoms with Crippen molar-refractivity contribution in [1.29, 1.82) is 0 Å². The Morgan fingerprint density at radius 1 is 1.20 bits per heavy atom. The van der Waals surface area contributed by atoms with Gasteiger partial charge in [-0.15, -0.1) is 4.91 Å². The van der Waals surface area contributed by atoms with E-state index in [2.05, 4.69) is 5.18 Å². The van der Waals surface area contributed by atoms with Crippen molar-refractivity contribution in [2.45, 2.75) is 20.4 Å². The van der Waals surface area contributed by atoms with Crippen LogP contribution in [0.15, 0.2) is 41.6 Å². The molecule has 3 rings (SSSR count). The summed E-state index contributed by atoms with van der Waals surface area (Å²) >= 11 is 0. The third-order valence-corrected chi connectivity index (χ3v) is 4.19. The van der Waals surface area contributed by atoms with Crippen molar-refractivity contribution in [3.05, 3.63) is 52.4 Å². The lowest BCUT2D eigenvalue weighted by molar-refractivity contribution is 0.310. The quantitative estimate of drug-likeness (QED) is 0.670. The molecule has 6 heteroatoms. The van der Waals surface area contributed by atoms with Gasteiger partial charge in [0.1, 0.15) is 0 Å². The normalized spacial score (nSPS) is 10.8. The Morgan fingerprint density at radius 3 is 2.68 bits per heavy atom. The highest BCUT2D eigenvalue weighted by Gasteiger charge is 2.19. The molecule has 0 aliphatic carbocycles. The molecule has 130 valence electrons. The fourth-order valence-electron chi connectivity index (χ4n) is 3.07. The monoisotopic (exact) mass is 340 g/mol. The number of rotatable bonds is 6. The lowest BCUT2D eigenvalue weighted by Crippen LogP contribution is -2.02. The standard InChI is InChI=1S/C19H20N2O4/c1-4-25-15-9-8-13(10-16(15)24-3)11-21-18-12(2)6-5-7-14(18)17(20-23)19(21)22/h5-10,22H,4,11H2,1-3H3. The predicted octanol–water partition coefficient (Wildman–Crippen LogP) is 4.51. The molecule has 0 unspecified atom stereocenters. The van der Waals surface area contributed by atoms with Crippen molar-refractivity contribution in [3.8, 4) is 17.4 Å². The number of nitrogens with zero attached hydrogens (tertiary/aromatic N) is 2. The van der Waals surface area contributed by atoms with Crippen molar-refractivity contribution >= 4 is 16.6 Å². The molecule has 0 spiro atoms. The second-order valence-electron chi connectivity index (χ2n) is 5.74. The van der Waals surface area contributed by atoms with Crippen LogP contribution in [0.4, 0.5) is 5.69 Å². The predicted molar refractivity (Wildman–Crippen MR) is 97.1 cm³/mol. The van der Waals surface area contributed by atoms with Gasteiger partial charge in [0.2, 0.25) is 5.88 Å². The summed E-state index contributed by atoms with van der Waals surface area (Å²) < 4.78 is 12.6. The van der Waals surface area contributed by atoms with Crippen molar-refractivity contribution in [2.24, 2.45) is 5.18 Å². The second kappa shape index (κ2) is 6.84. The molecule has 3 aromatic rings. The molecule has 0 fully saturated rings. The van der Waals surface area contributed by atoms with Crippen LogP contribution in [0.5, 0.6) is 17.4 Å². The van der Waals surface area contributed by atoms with Crippen LogP contribution < -0.4 is 9.47 Å². The number of benzene rings is 2. The fourth-order valence-corrected chi connectivity index (χ4v) is 3.07. The number of aromatic nitrogens is 1. The number of methoxy groups -OCH3 is 1. The molecule has 1 aromatic heterocycles. The summed E-state index contributed by atoms with van der Waals surface area (Å²) in [6.07, 6.45) is 0. The smallest absolute Gasteiger partial charge is 0.222 e. The first-order chi connectivity index (χ1) is 12.1. The zero-order chi connectivity index (χ0) is 18.0. The van der Waals surface area contributed by atoms with E-state index < -0.39 is 0 Å². The average molecular weight is 340 g/mol. The topological polar surface area (TPSA) is 73.0 Å². The molecule has 0 radical (unpaired) electrons. The van der Waals surface area contributed by atoms with E-state index in [1.807, 2.05) is 44.2 Å². The first-order valence-electron chi connectivity index (χ1n) is 8.04. The van der Waals surface area contributed by atoms with E-state index in [4.69, 9.17) is 9.47 Å². The van der Waals surface area contributed by atoms with Crippen LogP contribution in [0, 0.1) is 11.8 Å². The van der Waals surface area contributed by atoms with E-state index in [0.29, 0.717) is 30.0 Å². The van der Waals surface area contributed by atoms with Crippen LogP contribution in [0.2, 0.25) is 0 Å². The molecule has 0 amide bonds. The van der Waals surface area contributed by atoms with Crippen LogP contribution in [0.1, 0.15) is 18.1 Å². The van der Waals surface area contributed by atoms with E-state index in [9.17, 15) is 10.0 Å². The Hall–Kier alpha value is -3.02. The van der Waals surface area contributed by atoms with Crippen molar-refractivity contribution < 1.29 is 14.6 Å². The average Bonchev–Trinajstić information content (AvgIpc) is 2.89. The maximum absolute atomic E-state index is 11.2. The van der Waals surface area contributed by atoms with Gasteiger partial charge in [-0.3, -0.25) is 0 Å². The molecule has 0 aliphatic heterocycles. The lowest BCUT2D eigenvalue weighted by Gasteiger charge is -2.13. The third-order valence-electron chi connectivity index (χ3n) is 4.19. The molecule has 0 saturated carbocycles. The number of ether oxygens (including phenoxy) is 2. The van der Waals surface area contributed by atoms with Gasteiger partial charge in [-0.1, -0.05) is 24.3 Å².